The van der Waals surface area contributed by atoms with Crippen molar-refractivity contribution in [1.29, 1.82) is 0 Å². The maximum absolute atomic E-state index is 11.4. The molecule has 0 N–H and O–H groups in total. The van der Waals surface area contributed by atoms with Crippen molar-refractivity contribution >= 4 is 23.7 Å². The smallest absolute Gasteiger partial charge is 0.410 e. The van der Waals surface area contributed by atoms with Gasteiger partial charge >= 0.3 is 12.1 Å². The highest BCUT2D eigenvalue weighted by Gasteiger charge is 2.19. The number of carbonyl (C=O) groups is 2. The molecule has 0 saturated heterocycles. The van der Waals surface area contributed by atoms with E-state index in [9.17, 15) is 9.59 Å². The lowest BCUT2D eigenvalue weighted by atomic mass is 10.2. The van der Waals surface area contributed by atoms with Crippen molar-refractivity contribution in [1.82, 2.24) is 4.90 Å². The van der Waals surface area contributed by atoms with Gasteiger partial charge in [-0.15, -0.1) is 0 Å². The second kappa shape index (κ2) is 10.9. The summed E-state index contributed by atoms with van der Waals surface area (Å²) in [6.07, 6.45) is 0.815. The molecule has 0 aromatic heterocycles. The number of rotatable bonds is 4. The minimum atomic E-state index is -0.517. The molecule has 1 rings (SSSR count). The summed E-state index contributed by atoms with van der Waals surface area (Å²) in [5.41, 5.74) is 0.816. The van der Waals surface area contributed by atoms with Gasteiger partial charge in [0.05, 0.1) is 13.5 Å². The lowest BCUT2D eigenvalue weighted by molar-refractivity contribution is -0.140. The molecule has 0 atom stereocenters. The van der Waals surface area contributed by atoms with Gasteiger partial charge in [0.25, 0.3) is 0 Å². The molecule has 0 heterocycles. The van der Waals surface area contributed by atoms with Crippen LogP contribution in [0, 0.1) is 0 Å². The molecule has 1 amide bonds. The third kappa shape index (κ3) is 10.9. The molecule has 0 aliphatic rings. The van der Waals surface area contributed by atoms with Gasteiger partial charge < -0.3 is 14.4 Å². The van der Waals surface area contributed by atoms with E-state index >= 15 is 0 Å². The number of esters is 1. The molecule has 0 bridgehead atoms. The Kier molecular flexibility index (Phi) is 10.1. The molecular weight excluding hydrogens is 330 g/mol. The molecule has 0 radical (unpaired) electrons. The fourth-order valence-corrected chi connectivity index (χ4v) is 1.64. The summed E-state index contributed by atoms with van der Waals surface area (Å²) < 4.78 is 9.56. The number of halogens is 1. The summed E-state index contributed by atoms with van der Waals surface area (Å²) in [7, 11) is 2.90. The van der Waals surface area contributed by atoms with Crippen molar-refractivity contribution in [2.45, 2.75) is 46.1 Å². The molecule has 1 aromatic carbocycles. The summed E-state index contributed by atoms with van der Waals surface area (Å²) in [5.74, 6) is -0.342. The SMILES string of the molecule is CCc1ccc(Cl)cc1.COC(=O)CCN(C)C(=O)OC(C)(C)C. The first-order valence-corrected chi connectivity index (χ1v) is 8.22. The van der Waals surface area contributed by atoms with E-state index in [1.165, 1.54) is 17.6 Å². The van der Waals surface area contributed by atoms with Gasteiger partial charge in [0.2, 0.25) is 0 Å². The number of hydrogen-bond acceptors (Lipinski definition) is 4. The van der Waals surface area contributed by atoms with Crippen molar-refractivity contribution < 1.29 is 19.1 Å². The van der Waals surface area contributed by atoms with Crippen LogP contribution in [0.2, 0.25) is 5.02 Å². The highest BCUT2D eigenvalue weighted by atomic mass is 35.5. The van der Waals surface area contributed by atoms with E-state index in [1.54, 1.807) is 27.8 Å². The fourth-order valence-electron chi connectivity index (χ4n) is 1.51. The zero-order chi connectivity index (χ0) is 18.8. The summed E-state index contributed by atoms with van der Waals surface area (Å²) >= 11 is 5.67. The first-order valence-electron chi connectivity index (χ1n) is 7.84. The van der Waals surface area contributed by atoms with Gasteiger partial charge in [-0.1, -0.05) is 30.7 Å². The Hall–Kier alpha value is -1.75. The van der Waals surface area contributed by atoms with Gasteiger partial charge in [0.15, 0.2) is 0 Å². The van der Waals surface area contributed by atoms with Crippen LogP contribution in [0.15, 0.2) is 24.3 Å². The van der Waals surface area contributed by atoms with E-state index in [0.717, 1.165) is 11.4 Å². The molecule has 0 unspecified atom stereocenters. The molecule has 0 spiro atoms. The Morgan fingerprint density at radius 3 is 2.12 bits per heavy atom. The largest absolute Gasteiger partial charge is 0.469 e. The molecule has 6 heteroatoms. The monoisotopic (exact) mass is 357 g/mol. The number of aryl methyl sites for hydroxylation is 1. The van der Waals surface area contributed by atoms with Crippen LogP contribution in [0.1, 0.15) is 39.7 Å². The first-order chi connectivity index (χ1) is 11.1. The number of carbonyl (C=O) groups excluding carboxylic acids is 2. The second-order valence-electron chi connectivity index (χ2n) is 6.21. The van der Waals surface area contributed by atoms with Crippen LogP contribution in [-0.4, -0.2) is 43.3 Å². The Labute approximate surface area is 149 Å². The standard InChI is InChI=1S/C10H19NO4.C8H9Cl/c1-10(2,3)15-9(13)11(4)7-6-8(12)14-5;1-2-7-3-5-8(9)6-4-7/h6-7H2,1-5H3;3-6H,2H2,1H3. The van der Waals surface area contributed by atoms with Crippen LogP contribution < -0.4 is 0 Å². The zero-order valence-electron chi connectivity index (χ0n) is 15.4. The third-order valence-corrected chi connectivity index (χ3v) is 3.16. The Balaban J connectivity index is 0.000000496. The molecule has 5 nitrogen and oxygen atoms in total. The maximum atomic E-state index is 11.4. The van der Waals surface area contributed by atoms with Gasteiger partial charge in [-0.3, -0.25) is 4.79 Å². The number of benzene rings is 1. The third-order valence-electron chi connectivity index (χ3n) is 2.91. The van der Waals surface area contributed by atoms with Crippen molar-refractivity contribution in [2.75, 3.05) is 20.7 Å². The van der Waals surface area contributed by atoms with E-state index in [4.69, 9.17) is 16.3 Å². The van der Waals surface area contributed by atoms with Gasteiger partial charge in [-0.25, -0.2) is 4.79 Å². The summed E-state index contributed by atoms with van der Waals surface area (Å²) in [6.45, 7) is 7.79. The fraction of sp³-hybridized carbons (Fsp3) is 0.556. The van der Waals surface area contributed by atoms with Gasteiger partial charge in [0.1, 0.15) is 5.60 Å². The van der Waals surface area contributed by atoms with Crippen LogP contribution in [0.3, 0.4) is 0 Å². The zero-order valence-corrected chi connectivity index (χ0v) is 16.1. The predicted octanol–water partition coefficient (Wildman–Crippen LogP) is 4.32. The minimum Gasteiger partial charge on any atom is -0.469 e. The first kappa shape index (κ1) is 22.2. The Morgan fingerprint density at radius 2 is 1.71 bits per heavy atom. The number of ether oxygens (including phenoxy) is 2. The van der Waals surface area contributed by atoms with E-state index in [2.05, 4.69) is 11.7 Å². The summed E-state index contributed by atoms with van der Waals surface area (Å²) in [6, 6.07) is 7.92. The number of hydrogen-bond donors (Lipinski definition) is 0. The minimum absolute atomic E-state index is 0.173. The highest BCUT2D eigenvalue weighted by molar-refractivity contribution is 6.30. The molecule has 0 fully saturated rings. The van der Waals surface area contributed by atoms with Crippen molar-refractivity contribution in [3.8, 4) is 0 Å². The summed E-state index contributed by atoms with van der Waals surface area (Å²) in [4.78, 5) is 23.6. The van der Waals surface area contributed by atoms with Crippen LogP contribution in [0.25, 0.3) is 0 Å². The maximum Gasteiger partial charge on any atom is 0.410 e. The van der Waals surface area contributed by atoms with E-state index in [1.807, 2.05) is 24.3 Å². The van der Waals surface area contributed by atoms with Crippen molar-refractivity contribution in [3.63, 3.8) is 0 Å². The highest BCUT2D eigenvalue weighted by Crippen LogP contribution is 2.10. The number of amides is 1. The van der Waals surface area contributed by atoms with Crippen LogP contribution in [0.4, 0.5) is 4.79 Å². The van der Waals surface area contributed by atoms with Gasteiger partial charge in [0, 0.05) is 18.6 Å². The molecule has 136 valence electrons. The molecular formula is C18H28ClNO4. The predicted molar refractivity (Wildman–Crippen MR) is 96.3 cm³/mol. The Morgan fingerprint density at radius 1 is 1.17 bits per heavy atom. The average Bonchev–Trinajstić information content (AvgIpc) is 2.52. The lowest BCUT2D eigenvalue weighted by Crippen LogP contribution is -2.35. The average molecular weight is 358 g/mol. The molecule has 1 aromatic rings. The van der Waals surface area contributed by atoms with Crippen LogP contribution in [-0.2, 0) is 20.7 Å². The molecule has 24 heavy (non-hydrogen) atoms. The number of methoxy groups -OCH3 is 1. The topological polar surface area (TPSA) is 55.8 Å². The van der Waals surface area contributed by atoms with Crippen molar-refractivity contribution in [2.24, 2.45) is 0 Å². The normalized spacial score (nSPS) is 10.3. The molecule has 0 saturated carbocycles. The van der Waals surface area contributed by atoms with Crippen LogP contribution >= 0.6 is 11.6 Å². The van der Waals surface area contributed by atoms with E-state index in [-0.39, 0.29) is 12.4 Å². The molecule has 0 aliphatic carbocycles. The Bertz CT molecular complexity index is 509. The number of nitrogens with zero attached hydrogens (tertiary/aromatic N) is 1. The molecule has 0 aliphatic heterocycles. The van der Waals surface area contributed by atoms with E-state index < -0.39 is 11.7 Å². The van der Waals surface area contributed by atoms with Crippen LogP contribution in [0.5, 0.6) is 0 Å². The quantitative estimate of drug-likeness (QED) is 0.753. The summed E-state index contributed by atoms with van der Waals surface area (Å²) in [5, 5.41) is 0.812. The van der Waals surface area contributed by atoms with Gasteiger partial charge in [-0.05, 0) is 44.9 Å². The van der Waals surface area contributed by atoms with Crippen molar-refractivity contribution in [3.05, 3.63) is 34.9 Å². The van der Waals surface area contributed by atoms with E-state index in [0.29, 0.717) is 6.54 Å². The lowest BCUT2D eigenvalue weighted by Gasteiger charge is -2.24. The van der Waals surface area contributed by atoms with Gasteiger partial charge in [-0.2, -0.15) is 0 Å². The second-order valence-corrected chi connectivity index (χ2v) is 6.64.